The summed E-state index contributed by atoms with van der Waals surface area (Å²) in [4.78, 5) is 12.6. The summed E-state index contributed by atoms with van der Waals surface area (Å²) in [6, 6.07) is 6.51. The molecule has 0 spiro atoms. The third kappa shape index (κ3) is 2.91. The molecule has 0 unspecified atom stereocenters. The highest BCUT2D eigenvalue weighted by atomic mass is 32.2. The zero-order chi connectivity index (χ0) is 15.9. The second kappa shape index (κ2) is 5.69. The molecule has 0 saturated heterocycles. The monoisotopic (exact) mass is 321 g/mol. The lowest BCUT2D eigenvalue weighted by Crippen LogP contribution is -2.40. The molecule has 0 aliphatic heterocycles. The SMILES string of the molecule is C[C@H](NC(=O)c1ccccc1S(C)(=O)=O)[C@@H]1C[C@H]2CC[C@H]1C2. The summed E-state index contributed by atoms with van der Waals surface area (Å²) in [5.41, 5.74) is 0.250. The smallest absolute Gasteiger partial charge is 0.252 e. The van der Waals surface area contributed by atoms with Gasteiger partial charge < -0.3 is 5.32 Å². The normalized spacial score (nSPS) is 28.5. The molecular formula is C17H23NO3S. The Labute approximate surface area is 132 Å². The first-order valence-corrected chi connectivity index (χ1v) is 9.85. The number of fused-ring (bicyclic) bond motifs is 2. The van der Waals surface area contributed by atoms with Crippen LogP contribution in [0.4, 0.5) is 0 Å². The molecule has 4 atom stereocenters. The molecule has 22 heavy (non-hydrogen) atoms. The Morgan fingerprint density at radius 3 is 2.55 bits per heavy atom. The van der Waals surface area contributed by atoms with Crippen molar-refractivity contribution in [2.75, 3.05) is 6.26 Å². The van der Waals surface area contributed by atoms with Gasteiger partial charge in [0.2, 0.25) is 0 Å². The molecule has 4 nitrogen and oxygen atoms in total. The highest BCUT2D eigenvalue weighted by Gasteiger charge is 2.42. The molecular weight excluding hydrogens is 298 g/mol. The summed E-state index contributed by atoms with van der Waals surface area (Å²) in [5, 5.41) is 3.03. The highest BCUT2D eigenvalue weighted by molar-refractivity contribution is 7.90. The zero-order valence-electron chi connectivity index (χ0n) is 13.1. The van der Waals surface area contributed by atoms with E-state index in [1.807, 2.05) is 6.92 Å². The van der Waals surface area contributed by atoms with Crippen LogP contribution in [0.1, 0.15) is 43.0 Å². The molecule has 1 N–H and O–H groups in total. The Morgan fingerprint density at radius 1 is 1.23 bits per heavy atom. The predicted octanol–water partition coefficient (Wildman–Crippen LogP) is 2.64. The number of hydrogen-bond acceptors (Lipinski definition) is 3. The molecule has 1 aromatic carbocycles. The first kappa shape index (κ1) is 15.5. The molecule has 1 aromatic rings. The standard InChI is InChI=1S/C17H23NO3S/c1-11(15-10-12-7-8-13(15)9-12)18-17(19)14-5-3-4-6-16(14)22(2,20)21/h3-6,11-13,15H,7-10H2,1-2H3,(H,18,19)/t11-,12-,13-,15-/m0/s1. The van der Waals surface area contributed by atoms with E-state index in [0.717, 1.165) is 18.1 Å². The number of sulfone groups is 1. The van der Waals surface area contributed by atoms with Gasteiger partial charge in [0.05, 0.1) is 10.5 Å². The van der Waals surface area contributed by atoms with E-state index in [9.17, 15) is 13.2 Å². The Hall–Kier alpha value is -1.36. The average molecular weight is 321 g/mol. The molecule has 1 amide bonds. The van der Waals surface area contributed by atoms with E-state index < -0.39 is 9.84 Å². The lowest BCUT2D eigenvalue weighted by atomic mass is 9.84. The van der Waals surface area contributed by atoms with Crippen LogP contribution in [0.25, 0.3) is 0 Å². The summed E-state index contributed by atoms with van der Waals surface area (Å²) in [7, 11) is -3.40. The predicted molar refractivity (Wildman–Crippen MR) is 85.4 cm³/mol. The van der Waals surface area contributed by atoms with Crippen molar-refractivity contribution < 1.29 is 13.2 Å². The van der Waals surface area contributed by atoms with Gasteiger partial charge in [-0.05, 0) is 56.1 Å². The molecule has 3 rings (SSSR count). The van der Waals surface area contributed by atoms with Gasteiger partial charge in [0, 0.05) is 12.3 Å². The highest BCUT2D eigenvalue weighted by Crippen LogP contribution is 2.49. The van der Waals surface area contributed by atoms with E-state index in [-0.39, 0.29) is 22.4 Å². The van der Waals surface area contributed by atoms with Crippen molar-refractivity contribution in [3.8, 4) is 0 Å². The minimum absolute atomic E-state index is 0.0930. The van der Waals surface area contributed by atoms with Crippen molar-refractivity contribution in [2.45, 2.75) is 43.5 Å². The fraction of sp³-hybridized carbons (Fsp3) is 0.588. The number of rotatable bonds is 4. The van der Waals surface area contributed by atoms with Gasteiger partial charge in [-0.15, -0.1) is 0 Å². The minimum atomic E-state index is -3.40. The molecule has 0 aromatic heterocycles. The van der Waals surface area contributed by atoms with Crippen LogP contribution in [-0.2, 0) is 9.84 Å². The van der Waals surface area contributed by atoms with Gasteiger partial charge in [0.25, 0.3) is 5.91 Å². The van der Waals surface area contributed by atoms with Gasteiger partial charge >= 0.3 is 0 Å². The summed E-state index contributed by atoms with van der Waals surface area (Å²) in [5.74, 6) is 1.81. The van der Waals surface area contributed by atoms with Crippen LogP contribution < -0.4 is 5.32 Å². The average Bonchev–Trinajstić information content (AvgIpc) is 3.09. The maximum atomic E-state index is 12.5. The van der Waals surface area contributed by atoms with Crippen molar-refractivity contribution in [3.63, 3.8) is 0 Å². The third-order valence-electron chi connectivity index (χ3n) is 5.32. The molecule has 2 saturated carbocycles. The first-order valence-electron chi connectivity index (χ1n) is 7.96. The molecule has 5 heteroatoms. The van der Waals surface area contributed by atoms with Crippen molar-refractivity contribution in [2.24, 2.45) is 17.8 Å². The second-order valence-electron chi connectivity index (χ2n) is 6.87. The number of nitrogens with one attached hydrogen (secondary N) is 1. The largest absolute Gasteiger partial charge is 0.349 e. The molecule has 2 fully saturated rings. The molecule has 2 aliphatic rings. The summed E-state index contributed by atoms with van der Waals surface area (Å²) in [6.07, 6.45) is 6.23. The lowest BCUT2D eigenvalue weighted by Gasteiger charge is -2.28. The quantitative estimate of drug-likeness (QED) is 0.927. The van der Waals surface area contributed by atoms with Gasteiger partial charge in [0.15, 0.2) is 9.84 Å². The number of amides is 1. The van der Waals surface area contributed by atoms with Crippen LogP contribution in [0.5, 0.6) is 0 Å². The van der Waals surface area contributed by atoms with E-state index in [4.69, 9.17) is 0 Å². The van der Waals surface area contributed by atoms with Gasteiger partial charge in [-0.1, -0.05) is 18.6 Å². The summed E-state index contributed by atoms with van der Waals surface area (Å²) < 4.78 is 23.6. The Bertz CT molecular complexity index is 683. The van der Waals surface area contributed by atoms with E-state index >= 15 is 0 Å². The maximum absolute atomic E-state index is 12.5. The molecule has 2 bridgehead atoms. The van der Waals surface area contributed by atoms with Crippen LogP contribution >= 0.6 is 0 Å². The molecule has 2 aliphatic carbocycles. The van der Waals surface area contributed by atoms with E-state index in [1.165, 1.54) is 31.7 Å². The van der Waals surface area contributed by atoms with Crippen molar-refractivity contribution in [1.82, 2.24) is 5.32 Å². The molecule has 0 heterocycles. The van der Waals surface area contributed by atoms with E-state index in [0.29, 0.717) is 5.92 Å². The van der Waals surface area contributed by atoms with Gasteiger partial charge in [-0.2, -0.15) is 0 Å². The molecule has 120 valence electrons. The number of carbonyl (C=O) groups excluding carboxylic acids is 1. The van der Waals surface area contributed by atoms with Crippen LogP contribution in [0.2, 0.25) is 0 Å². The van der Waals surface area contributed by atoms with Crippen molar-refractivity contribution in [3.05, 3.63) is 29.8 Å². The maximum Gasteiger partial charge on any atom is 0.252 e. The number of hydrogen-bond donors (Lipinski definition) is 1. The Kier molecular flexibility index (Phi) is 4.02. The second-order valence-corrected chi connectivity index (χ2v) is 8.85. The van der Waals surface area contributed by atoms with Gasteiger partial charge in [-0.25, -0.2) is 8.42 Å². The van der Waals surface area contributed by atoms with Crippen molar-refractivity contribution in [1.29, 1.82) is 0 Å². The van der Waals surface area contributed by atoms with Crippen LogP contribution in [0.15, 0.2) is 29.2 Å². The van der Waals surface area contributed by atoms with Gasteiger partial charge in [-0.3, -0.25) is 4.79 Å². The fourth-order valence-corrected chi connectivity index (χ4v) is 5.16. The number of carbonyl (C=O) groups is 1. The van der Waals surface area contributed by atoms with Crippen LogP contribution in [0.3, 0.4) is 0 Å². The Balaban J connectivity index is 1.75. The zero-order valence-corrected chi connectivity index (χ0v) is 13.9. The van der Waals surface area contributed by atoms with Crippen molar-refractivity contribution >= 4 is 15.7 Å². The van der Waals surface area contributed by atoms with E-state index in [2.05, 4.69) is 5.32 Å². The minimum Gasteiger partial charge on any atom is -0.349 e. The summed E-state index contributed by atoms with van der Waals surface area (Å²) in [6.45, 7) is 2.05. The Morgan fingerprint density at radius 2 is 1.95 bits per heavy atom. The third-order valence-corrected chi connectivity index (χ3v) is 6.48. The summed E-state index contributed by atoms with van der Waals surface area (Å²) >= 11 is 0. The van der Waals surface area contributed by atoms with E-state index in [1.54, 1.807) is 18.2 Å². The fourth-order valence-electron chi connectivity index (χ4n) is 4.28. The number of benzene rings is 1. The van der Waals surface area contributed by atoms with Gasteiger partial charge in [0.1, 0.15) is 0 Å². The topological polar surface area (TPSA) is 63.2 Å². The van der Waals surface area contributed by atoms with Crippen LogP contribution in [-0.4, -0.2) is 26.6 Å². The first-order chi connectivity index (χ1) is 10.4. The molecule has 0 radical (unpaired) electrons. The van der Waals surface area contributed by atoms with Crippen LogP contribution in [0, 0.1) is 17.8 Å². The lowest BCUT2D eigenvalue weighted by molar-refractivity contribution is 0.0912.